The second-order valence-corrected chi connectivity index (χ2v) is 11.5. The van der Waals surface area contributed by atoms with Gasteiger partial charge < -0.3 is 5.32 Å². The summed E-state index contributed by atoms with van der Waals surface area (Å²) in [5.41, 5.74) is 2.37. The molecule has 0 spiro atoms. The Morgan fingerprint density at radius 2 is 1.94 bits per heavy atom. The number of anilines is 1. The van der Waals surface area contributed by atoms with Gasteiger partial charge in [-0.05, 0) is 30.2 Å². The predicted octanol–water partition coefficient (Wildman–Crippen LogP) is 2.87. The highest BCUT2D eigenvalue weighted by molar-refractivity contribution is 8.01. The molecule has 1 heterocycles. The summed E-state index contributed by atoms with van der Waals surface area (Å²) in [4.78, 5) is 18.0. The normalized spacial score (nSPS) is 12.3. The molecule has 32 heavy (non-hydrogen) atoms. The van der Waals surface area contributed by atoms with Crippen molar-refractivity contribution in [3.8, 4) is 0 Å². The van der Waals surface area contributed by atoms with Crippen molar-refractivity contribution in [1.29, 1.82) is 0 Å². The lowest BCUT2D eigenvalue weighted by Gasteiger charge is -2.14. The van der Waals surface area contributed by atoms with Crippen molar-refractivity contribution < 1.29 is 13.2 Å². The molecule has 0 aliphatic rings. The Morgan fingerprint density at radius 3 is 2.62 bits per heavy atom. The lowest BCUT2D eigenvalue weighted by Crippen LogP contribution is -2.22. The van der Waals surface area contributed by atoms with Gasteiger partial charge in [-0.25, -0.2) is 17.4 Å². The Bertz CT molecular complexity index is 1270. The van der Waals surface area contributed by atoms with Crippen molar-refractivity contribution in [3.63, 3.8) is 0 Å². The molecule has 0 unspecified atom stereocenters. The number of amides is 1. The fourth-order valence-electron chi connectivity index (χ4n) is 2.69. The number of nitrogens with zero attached hydrogens (tertiary/aromatic N) is 4. The van der Waals surface area contributed by atoms with Crippen LogP contribution >= 0.6 is 23.1 Å². The third-order valence-corrected chi connectivity index (χ3v) is 8.50. The molecule has 0 saturated heterocycles. The van der Waals surface area contributed by atoms with Gasteiger partial charge in [0.25, 0.3) is 0 Å². The van der Waals surface area contributed by atoms with Crippen LogP contribution in [0.2, 0.25) is 0 Å². The fraction of sp³-hybridized carbons (Fsp3) is 0.286. The zero-order valence-electron chi connectivity index (χ0n) is 18.3. The van der Waals surface area contributed by atoms with Crippen LogP contribution in [0.4, 0.5) is 5.69 Å². The monoisotopic (exact) mass is 491 g/mol. The number of nitrogens with one attached hydrogen (secondary N) is 1. The smallest absolute Gasteiger partial charge is 0.242 e. The minimum Gasteiger partial charge on any atom is -0.325 e. The summed E-state index contributed by atoms with van der Waals surface area (Å²) in [6.07, 6.45) is 0. The minimum absolute atomic E-state index is 0.132. The average molecular weight is 492 g/mol. The van der Waals surface area contributed by atoms with Crippen molar-refractivity contribution >= 4 is 44.7 Å². The van der Waals surface area contributed by atoms with E-state index in [0.717, 1.165) is 24.6 Å². The van der Waals surface area contributed by atoms with Gasteiger partial charge >= 0.3 is 0 Å². The van der Waals surface area contributed by atoms with E-state index in [4.69, 9.17) is 0 Å². The standard InChI is InChI=1S/C21H25N5O3S3/c1-15-10-11-17(32(28,29)25(2)3)12-18(15)23-19(27)14-30-21-24-26(4)20(31-21)22-13-16-8-6-5-7-9-16/h5-12H,13-14H2,1-4H3,(H,23,27). The molecular formula is C21H25N5O3S3. The summed E-state index contributed by atoms with van der Waals surface area (Å²) in [5.74, 6) is -0.0893. The molecule has 3 rings (SSSR count). The first-order valence-corrected chi connectivity index (χ1v) is 13.0. The fourth-order valence-corrected chi connectivity index (χ4v) is 5.38. The number of aryl methyl sites for hydroxylation is 2. The molecule has 1 aromatic heterocycles. The first kappa shape index (κ1) is 24.2. The number of benzene rings is 2. The molecule has 1 N–H and O–H groups in total. The number of hydrogen-bond acceptors (Lipinski definition) is 7. The number of rotatable bonds is 8. The maximum atomic E-state index is 12.5. The summed E-state index contributed by atoms with van der Waals surface area (Å²) >= 11 is 2.74. The number of carbonyl (C=O) groups excluding carboxylic acids is 1. The van der Waals surface area contributed by atoms with E-state index in [9.17, 15) is 13.2 Å². The van der Waals surface area contributed by atoms with E-state index in [0.29, 0.717) is 12.2 Å². The van der Waals surface area contributed by atoms with Crippen LogP contribution in [0, 0.1) is 6.92 Å². The zero-order valence-corrected chi connectivity index (χ0v) is 20.7. The van der Waals surface area contributed by atoms with Gasteiger partial charge in [-0.15, -0.1) is 0 Å². The molecule has 0 aliphatic heterocycles. The third kappa shape index (κ3) is 6.06. The van der Waals surface area contributed by atoms with Gasteiger partial charge in [-0.3, -0.25) is 9.79 Å². The Morgan fingerprint density at radius 1 is 1.22 bits per heavy atom. The zero-order chi connectivity index (χ0) is 23.3. The highest BCUT2D eigenvalue weighted by Gasteiger charge is 2.19. The topological polar surface area (TPSA) is 96.7 Å². The van der Waals surface area contributed by atoms with Crippen LogP contribution in [-0.2, 0) is 28.4 Å². The van der Waals surface area contributed by atoms with Crippen LogP contribution in [0.1, 0.15) is 11.1 Å². The largest absolute Gasteiger partial charge is 0.325 e. The Hall–Kier alpha value is -2.47. The first-order chi connectivity index (χ1) is 15.2. The summed E-state index contributed by atoms with van der Waals surface area (Å²) in [6.45, 7) is 2.38. The Labute approximate surface area is 196 Å². The number of aromatic nitrogens is 2. The molecule has 0 radical (unpaired) electrons. The van der Waals surface area contributed by atoms with Gasteiger partial charge in [0.1, 0.15) is 0 Å². The van der Waals surface area contributed by atoms with Crippen LogP contribution in [0.5, 0.6) is 0 Å². The van der Waals surface area contributed by atoms with Crippen LogP contribution in [0.15, 0.2) is 62.8 Å². The number of carbonyl (C=O) groups is 1. The van der Waals surface area contributed by atoms with E-state index in [1.54, 1.807) is 10.7 Å². The SMILES string of the molecule is Cc1ccc(S(=O)(=O)N(C)C)cc1NC(=O)CSc1nn(C)c(=NCc2ccccc2)s1. The summed E-state index contributed by atoms with van der Waals surface area (Å²) in [6, 6.07) is 14.7. The average Bonchev–Trinajstić information content (AvgIpc) is 3.12. The van der Waals surface area contributed by atoms with Crippen molar-refractivity contribution in [1.82, 2.24) is 14.1 Å². The molecule has 0 saturated carbocycles. The quantitative estimate of drug-likeness (QED) is 0.489. The predicted molar refractivity (Wildman–Crippen MR) is 128 cm³/mol. The van der Waals surface area contributed by atoms with Crippen molar-refractivity contribution in [2.45, 2.75) is 22.7 Å². The Kier molecular flexibility index (Phi) is 7.88. The molecule has 2 aromatic carbocycles. The van der Waals surface area contributed by atoms with Gasteiger partial charge in [0.15, 0.2) is 4.34 Å². The van der Waals surface area contributed by atoms with Crippen LogP contribution in [-0.4, -0.2) is 48.3 Å². The number of sulfonamides is 1. The van der Waals surface area contributed by atoms with E-state index >= 15 is 0 Å². The summed E-state index contributed by atoms with van der Waals surface area (Å²) in [5, 5.41) is 7.23. The van der Waals surface area contributed by atoms with Gasteiger partial charge in [0, 0.05) is 26.8 Å². The second kappa shape index (κ2) is 10.4. The second-order valence-electron chi connectivity index (χ2n) is 7.18. The molecule has 8 nitrogen and oxygen atoms in total. The molecule has 170 valence electrons. The van der Waals surface area contributed by atoms with E-state index < -0.39 is 10.0 Å². The van der Waals surface area contributed by atoms with Crippen LogP contribution in [0.25, 0.3) is 0 Å². The maximum absolute atomic E-state index is 12.5. The summed E-state index contributed by atoms with van der Waals surface area (Å²) < 4.78 is 28.3. The molecule has 0 aliphatic carbocycles. The van der Waals surface area contributed by atoms with Crippen molar-refractivity contribution in [2.75, 3.05) is 25.2 Å². The molecule has 11 heteroatoms. The van der Waals surface area contributed by atoms with Crippen LogP contribution < -0.4 is 10.1 Å². The van der Waals surface area contributed by atoms with E-state index in [-0.39, 0.29) is 16.6 Å². The van der Waals surface area contributed by atoms with Gasteiger partial charge in [-0.2, -0.15) is 5.10 Å². The lowest BCUT2D eigenvalue weighted by atomic mass is 10.2. The highest BCUT2D eigenvalue weighted by atomic mass is 32.2. The maximum Gasteiger partial charge on any atom is 0.242 e. The molecule has 3 aromatic rings. The molecule has 1 amide bonds. The van der Waals surface area contributed by atoms with Gasteiger partial charge in [-0.1, -0.05) is 59.5 Å². The number of hydrogen-bond donors (Lipinski definition) is 1. The van der Waals surface area contributed by atoms with E-state index in [1.807, 2.05) is 44.3 Å². The molecule has 0 fully saturated rings. The Balaban J connectivity index is 1.65. The van der Waals surface area contributed by atoms with Gasteiger partial charge in [0.05, 0.1) is 17.2 Å². The molecular weight excluding hydrogens is 466 g/mol. The number of thioether (sulfide) groups is 1. The van der Waals surface area contributed by atoms with Crippen molar-refractivity contribution in [2.24, 2.45) is 12.0 Å². The van der Waals surface area contributed by atoms with E-state index in [1.165, 1.54) is 49.3 Å². The highest BCUT2D eigenvalue weighted by Crippen LogP contribution is 2.23. The van der Waals surface area contributed by atoms with Crippen LogP contribution in [0.3, 0.4) is 0 Å². The van der Waals surface area contributed by atoms with E-state index in [2.05, 4.69) is 15.4 Å². The van der Waals surface area contributed by atoms with Gasteiger partial charge in [0.2, 0.25) is 20.7 Å². The minimum atomic E-state index is -3.58. The summed E-state index contributed by atoms with van der Waals surface area (Å²) in [7, 11) is 1.19. The third-order valence-electron chi connectivity index (χ3n) is 4.52. The molecule has 0 bridgehead atoms. The first-order valence-electron chi connectivity index (χ1n) is 9.71. The molecule has 0 atom stereocenters. The van der Waals surface area contributed by atoms with Crippen molar-refractivity contribution in [3.05, 3.63) is 64.5 Å². The lowest BCUT2D eigenvalue weighted by molar-refractivity contribution is -0.113.